The van der Waals surface area contributed by atoms with Crippen molar-refractivity contribution in [1.29, 1.82) is 0 Å². The van der Waals surface area contributed by atoms with Gasteiger partial charge in [-0.15, -0.1) is 0 Å². The average molecular weight is 200 g/mol. The van der Waals surface area contributed by atoms with E-state index in [1.54, 1.807) is 4.90 Å². The van der Waals surface area contributed by atoms with Gasteiger partial charge in [0.05, 0.1) is 6.04 Å². The third-order valence-electron chi connectivity index (χ3n) is 2.80. The highest BCUT2D eigenvalue weighted by molar-refractivity contribution is 5.82. The van der Waals surface area contributed by atoms with E-state index >= 15 is 0 Å². The molecule has 0 aliphatic rings. The lowest BCUT2D eigenvalue weighted by atomic mass is 9.86. The van der Waals surface area contributed by atoms with Gasteiger partial charge in [0.2, 0.25) is 5.91 Å². The molecule has 3 heteroatoms. The largest absolute Gasteiger partial charge is 0.342 e. The Balaban J connectivity index is 4.47. The molecule has 0 radical (unpaired) electrons. The van der Waals surface area contributed by atoms with Gasteiger partial charge in [0, 0.05) is 13.1 Å². The second-order valence-corrected chi connectivity index (χ2v) is 5.05. The van der Waals surface area contributed by atoms with Crippen LogP contribution in [-0.2, 0) is 4.79 Å². The van der Waals surface area contributed by atoms with Crippen molar-refractivity contribution in [3.05, 3.63) is 0 Å². The second kappa shape index (κ2) is 4.78. The van der Waals surface area contributed by atoms with E-state index in [4.69, 9.17) is 5.73 Å². The lowest BCUT2D eigenvalue weighted by Gasteiger charge is -2.32. The number of rotatable bonds is 3. The summed E-state index contributed by atoms with van der Waals surface area (Å²) in [4.78, 5) is 13.6. The highest BCUT2D eigenvalue weighted by atomic mass is 16.2. The average Bonchev–Trinajstić information content (AvgIpc) is 2.11. The van der Waals surface area contributed by atoms with E-state index in [9.17, 15) is 4.79 Å². The summed E-state index contributed by atoms with van der Waals surface area (Å²) in [6.07, 6.45) is 0.957. The van der Waals surface area contributed by atoms with Crippen molar-refractivity contribution in [3.63, 3.8) is 0 Å². The number of nitrogens with two attached hydrogens (primary N) is 1. The van der Waals surface area contributed by atoms with Gasteiger partial charge in [-0.1, -0.05) is 27.7 Å². The first-order valence-corrected chi connectivity index (χ1v) is 5.24. The van der Waals surface area contributed by atoms with Crippen molar-refractivity contribution < 1.29 is 4.79 Å². The number of nitrogens with zero attached hydrogens (tertiary/aromatic N) is 1. The molecule has 0 heterocycles. The maximum atomic E-state index is 11.9. The van der Waals surface area contributed by atoms with Gasteiger partial charge in [0.15, 0.2) is 0 Å². The number of hydrogen-bond acceptors (Lipinski definition) is 2. The number of likely N-dealkylation sites (N-methyl/N-ethyl adjacent to an activating group) is 1. The monoisotopic (exact) mass is 200 g/mol. The van der Waals surface area contributed by atoms with Crippen LogP contribution in [0.1, 0.15) is 41.0 Å². The maximum Gasteiger partial charge on any atom is 0.240 e. The van der Waals surface area contributed by atoms with Gasteiger partial charge >= 0.3 is 0 Å². The fraction of sp³-hybridized carbons (Fsp3) is 0.909. The molecule has 2 atom stereocenters. The molecule has 0 aliphatic heterocycles. The molecule has 84 valence electrons. The van der Waals surface area contributed by atoms with Gasteiger partial charge in [-0.05, 0) is 18.8 Å². The van der Waals surface area contributed by atoms with Crippen molar-refractivity contribution in [2.45, 2.75) is 53.1 Å². The molecule has 0 saturated heterocycles. The quantitative estimate of drug-likeness (QED) is 0.752. The van der Waals surface area contributed by atoms with Crippen molar-refractivity contribution in [2.75, 3.05) is 7.05 Å². The van der Waals surface area contributed by atoms with Gasteiger partial charge < -0.3 is 10.6 Å². The van der Waals surface area contributed by atoms with Gasteiger partial charge in [0.1, 0.15) is 0 Å². The highest BCUT2D eigenvalue weighted by Crippen LogP contribution is 2.19. The van der Waals surface area contributed by atoms with Crippen LogP contribution in [0.4, 0.5) is 0 Å². The minimum Gasteiger partial charge on any atom is -0.342 e. The summed E-state index contributed by atoms with van der Waals surface area (Å²) >= 11 is 0. The summed E-state index contributed by atoms with van der Waals surface area (Å²) in [7, 11) is 1.82. The van der Waals surface area contributed by atoms with Gasteiger partial charge in [0.25, 0.3) is 0 Å². The van der Waals surface area contributed by atoms with Gasteiger partial charge in [-0.3, -0.25) is 4.79 Å². The first-order chi connectivity index (χ1) is 6.21. The molecular weight excluding hydrogens is 176 g/mol. The lowest BCUT2D eigenvalue weighted by molar-refractivity contribution is -0.135. The molecule has 0 fully saturated rings. The summed E-state index contributed by atoms with van der Waals surface area (Å²) in [6, 6.07) is -0.155. The Labute approximate surface area is 87.6 Å². The van der Waals surface area contributed by atoms with E-state index in [0.29, 0.717) is 0 Å². The van der Waals surface area contributed by atoms with Crippen LogP contribution in [0.3, 0.4) is 0 Å². The van der Waals surface area contributed by atoms with E-state index in [-0.39, 0.29) is 17.4 Å². The topological polar surface area (TPSA) is 46.3 Å². The van der Waals surface area contributed by atoms with Crippen LogP contribution in [0.5, 0.6) is 0 Å². The Bertz CT molecular complexity index is 196. The SMILES string of the molecule is CCC(C)N(C)C(=O)[C@@H](N)C(C)(C)C. The fourth-order valence-electron chi connectivity index (χ4n) is 1.08. The molecule has 0 aliphatic carbocycles. The Morgan fingerprint density at radius 2 is 1.86 bits per heavy atom. The van der Waals surface area contributed by atoms with E-state index in [1.165, 1.54) is 0 Å². The normalized spacial score (nSPS) is 16.2. The summed E-state index contributed by atoms with van der Waals surface area (Å²) in [5.41, 5.74) is 5.73. The predicted octanol–water partition coefficient (Wildman–Crippen LogP) is 1.62. The molecule has 2 N–H and O–H groups in total. The van der Waals surface area contributed by atoms with Crippen molar-refractivity contribution in [2.24, 2.45) is 11.1 Å². The van der Waals surface area contributed by atoms with E-state index in [2.05, 4.69) is 6.92 Å². The first kappa shape index (κ1) is 13.4. The summed E-state index contributed by atoms with van der Waals surface area (Å²) < 4.78 is 0. The molecule has 14 heavy (non-hydrogen) atoms. The number of hydrogen-bond donors (Lipinski definition) is 1. The predicted molar refractivity (Wildman–Crippen MR) is 60.0 cm³/mol. The van der Waals surface area contributed by atoms with Crippen molar-refractivity contribution >= 4 is 5.91 Å². The molecule has 3 nitrogen and oxygen atoms in total. The Kier molecular flexibility index (Phi) is 4.59. The first-order valence-electron chi connectivity index (χ1n) is 5.24. The van der Waals surface area contributed by atoms with Gasteiger partial charge in [-0.2, -0.15) is 0 Å². The van der Waals surface area contributed by atoms with Crippen LogP contribution in [0.25, 0.3) is 0 Å². The Hall–Kier alpha value is -0.570. The number of carbonyl (C=O) groups excluding carboxylic acids is 1. The van der Waals surface area contributed by atoms with Crippen LogP contribution < -0.4 is 5.73 Å². The van der Waals surface area contributed by atoms with Crippen LogP contribution in [0.2, 0.25) is 0 Å². The minimum absolute atomic E-state index is 0.0341. The van der Waals surface area contributed by atoms with Gasteiger partial charge in [-0.25, -0.2) is 0 Å². The molecule has 0 spiro atoms. The number of carbonyl (C=O) groups is 1. The van der Waals surface area contributed by atoms with E-state index in [0.717, 1.165) is 6.42 Å². The third-order valence-corrected chi connectivity index (χ3v) is 2.80. The summed E-state index contributed by atoms with van der Waals surface area (Å²) in [5, 5.41) is 0. The summed E-state index contributed by atoms with van der Waals surface area (Å²) in [5.74, 6) is 0.0341. The van der Waals surface area contributed by atoms with Crippen molar-refractivity contribution in [3.8, 4) is 0 Å². The molecule has 1 unspecified atom stereocenters. The standard InChI is InChI=1S/C11H24N2O/c1-7-8(2)13(6)10(14)9(12)11(3,4)5/h8-9H,7,12H2,1-6H3/t8?,9-/m1/s1. The Morgan fingerprint density at radius 3 is 2.14 bits per heavy atom. The van der Waals surface area contributed by atoms with Crippen LogP contribution in [0.15, 0.2) is 0 Å². The summed E-state index contributed by atoms with van der Waals surface area (Å²) in [6.45, 7) is 10.1. The molecule has 0 aromatic rings. The van der Waals surface area contributed by atoms with Crippen molar-refractivity contribution in [1.82, 2.24) is 4.90 Å². The van der Waals surface area contributed by atoms with E-state index in [1.807, 2.05) is 34.7 Å². The molecule has 1 amide bonds. The lowest BCUT2D eigenvalue weighted by Crippen LogP contribution is -2.51. The maximum absolute atomic E-state index is 11.9. The van der Waals surface area contributed by atoms with Crippen LogP contribution in [-0.4, -0.2) is 29.9 Å². The molecule has 0 aromatic heterocycles. The van der Waals surface area contributed by atoms with E-state index < -0.39 is 6.04 Å². The third kappa shape index (κ3) is 3.29. The molecule has 0 aromatic carbocycles. The van der Waals surface area contributed by atoms with Crippen LogP contribution >= 0.6 is 0 Å². The molecule has 0 bridgehead atoms. The fourth-order valence-corrected chi connectivity index (χ4v) is 1.08. The minimum atomic E-state index is -0.415. The zero-order chi connectivity index (χ0) is 11.5. The highest BCUT2D eigenvalue weighted by Gasteiger charge is 2.30. The Morgan fingerprint density at radius 1 is 1.43 bits per heavy atom. The molecule has 0 rings (SSSR count). The molecule has 0 saturated carbocycles. The molecular formula is C11H24N2O. The smallest absolute Gasteiger partial charge is 0.240 e. The zero-order valence-electron chi connectivity index (χ0n) is 10.3. The van der Waals surface area contributed by atoms with Crippen LogP contribution in [0, 0.1) is 5.41 Å². The number of amides is 1. The second-order valence-electron chi connectivity index (χ2n) is 5.05. The zero-order valence-corrected chi connectivity index (χ0v) is 10.3.